The molecule has 0 atom stereocenters. The van der Waals surface area contributed by atoms with Crippen LogP contribution < -0.4 is 10.6 Å². The lowest BCUT2D eigenvalue weighted by Gasteiger charge is -2.09. The Labute approximate surface area is 200 Å². The van der Waals surface area contributed by atoms with Crippen LogP contribution >= 0.6 is 11.8 Å². The number of nitrogens with zero attached hydrogens (tertiary/aromatic N) is 4. The van der Waals surface area contributed by atoms with Gasteiger partial charge in [0.05, 0.1) is 5.75 Å². The van der Waals surface area contributed by atoms with E-state index in [9.17, 15) is 9.59 Å². The maximum Gasteiger partial charge on any atom is 0.255 e. The zero-order valence-electron chi connectivity index (χ0n) is 18.2. The molecule has 2 aromatic heterocycles. The van der Waals surface area contributed by atoms with Crippen molar-refractivity contribution in [2.75, 3.05) is 16.4 Å². The topological polar surface area (TPSA) is 102 Å². The Kier molecular flexibility index (Phi) is 7.32. The van der Waals surface area contributed by atoms with Crippen molar-refractivity contribution in [3.05, 3.63) is 96.1 Å². The molecule has 168 valence electrons. The van der Waals surface area contributed by atoms with Gasteiger partial charge in [-0.3, -0.25) is 9.59 Å². The number of carbonyl (C=O) groups is 2. The Morgan fingerprint density at radius 3 is 2.56 bits per heavy atom. The average molecular weight is 469 g/mol. The maximum atomic E-state index is 12.8. The summed E-state index contributed by atoms with van der Waals surface area (Å²) in [6, 6.07) is 19.6. The van der Waals surface area contributed by atoms with Crippen molar-refractivity contribution in [2.45, 2.75) is 5.16 Å². The summed E-state index contributed by atoms with van der Waals surface area (Å²) < 4.78 is 1.74. The molecule has 0 spiro atoms. The largest absolute Gasteiger partial charge is 0.325 e. The molecule has 0 fully saturated rings. The number of carbonyl (C=O) groups excluding carboxylic acids is 2. The van der Waals surface area contributed by atoms with Crippen LogP contribution in [0.4, 0.5) is 11.4 Å². The minimum atomic E-state index is -0.292. The van der Waals surface area contributed by atoms with E-state index in [1.54, 1.807) is 53.5 Å². The van der Waals surface area contributed by atoms with Crippen LogP contribution in [0.1, 0.15) is 21.6 Å². The standard InChI is InChI=1S/C25H20N6O2S/c1-31-17-27-30-25(31)34-16-23(32)28-22-10-5-7-19(15-22)24(33)29-21-9-4-6-18(14-21)11-12-20-8-2-3-13-26-20/h2-10,13-15,17H,16H2,1H3,(H,28,32)(H,29,33). The fourth-order valence-corrected chi connectivity index (χ4v) is 3.61. The number of nitrogens with one attached hydrogen (secondary N) is 2. The van der Waals surface area contributed by atoms with Gasteiger partial charge < -0.3 is 15.2 Å². The normalized spacial score (nSPS) is 10.1. The highest BCUT2D eigenvalue weighted by molar-refractivity contribution is 7.99. The van der Waals surface area contributed by atoms with Gasteiger partial charge in [0.2, 0.25) is 5.91 Å². The molecule has 0 bridgehead atoms. The van der Waals surface area contributed by atoms with Gasteiger partial charge in [0.15, 0.2) is 5.16 Å². The second-order valence-corrected chi connectivity index (χ2v) is 8.08. The first-order valence-electron chi connectivity index (χ1n) is 10.3. The van der Waals surface area contributed by atoms with Crippen LogP contribution in [-0.2, 0) is 11.8 Å². The summed E-state index contributed by atoms with van der Waals surface area (Å²) in [7, 11) is 1.81. The number of rotatable bonds is 6. The van der Waals surface area contributed by atoms with E-state index in [1.165, 1.54) is 11.8 Å². The predicted molar refractivity (Wildman–Crippen MR) is 131 cm³/mol. The Balaban J connectivity index is 1.37. The van der Waals surface area contributed by atoms with E-state index in [4.69, 9.17) is 0 Å². The summed E-state index contributed by atoms with van der Waals surface area (Å²) in [6.45, 7) is 0. The number of amides is 2. The molecule has 2 aromatic carbocycles. The molecular formula is C25H20N6O2S. The Bertz CT molecular complexity index is 1370. The quantitative estimate of drug-likeness (QED) is 0.331. The van der Waals surface area contributed by atoms with Gasteiger partial charge in [-0.15, -0.1) is 10.2 Å². The SMILES string of the molecule is Cn1cnnc1SCC(=O)Nc1cccc(C(=O)Nc2cccc(C#Cc3ccccn3)c2)c1. The van der Waals surface area contributed by atoms with Gasteiger partial charge in [0.25, 0.3) is 5.91 Å². The highest BCUT2D eigenvalue weighted by atomic mass is 32.2. The number of aryl methyl sites for hydroxylation is 1. The first-order chi connectivity index (χ1) is 16.6. The first kappa shape index (κ1) is 22.8. The highest BCUT2D eigenvalue weighted by Gasteiger charge is 2.10. The van der Waals surface area contributed by atoms with Gasteiger partial charge in [-0.2, -0.15) is 0 Å². The monoisotopic (exact) mass is 468 g/mol. The minimum Gasteiger partial charge on any atom is -0.325 e. The van der Waals surface area contributed by atoms with Crippen molar-refractivity contribution in [1.29, 1.82) is 0 Å². The molecule has 0 aliphatic heterocycles. The fraction of sp³-hybridized carbons (Fsp3) is 0.0800. The van der Waals surface area contributed by atoms with Crippen molar-refractivity contribution in [3.8, 4) is 11.8 Å². The van der Waals surface area contributed by atoms with E-state index in [1.807, 2.05) is 37.4 Å². The average Bonchev–Trinajstić information content (AvgIpc) is 3.27. The molecule has 9 heteroatoms. The molecule has 2 heterocycles. The minimum absolute atomic E-state index is 0.176. The highest BCUT2D eigenvalue weighted by Crippen LogP contribution is 2.17. The number of benzene rings is 2. The molecule has 0 saturated carbocycles. The molecule has 4 rings (SSSR count). The molecule has 0 unspecified atom stereocenters. The third-order valence-corrected chi connectivity index (χ3v) is 5.57. The third kappa shape index (κ3) is 6.31. The molecule has 4 aromatic rings. The number of hydrogen-bond donors (Lipinski definition) is 2. The van der Waals surface area contributed by atoms with Gasteiger partial charge in [0.1, 0.15) is 12.0 Å². The van der Waals surface area contributed by atoms with E-state index < -0.39 is 0 Å². The summed E-state index contributed by atoms with van der Waals surface area (Å²) in [5.74, 6) is 5.72. The van der Waals surface area contributed by atoms with Crippen molar-refractivity contribution >= 4 is 35.0 Å². The van der Waals surface area contributed by atoms with Crippen molar-refractivity contribution in [1.82, 2.24) is 19.7 Å². The van der Waals surface area contributed by atoms with Crippen molar-refractivity contribution in [3.63, 3.8) is 0 Å². The van der Waals surface area contributed by atoms with Crippen LogP contribution in [0.15, 0.2) is 84.4 Å². The zero-order valence-corrected chi connectivity index (χ0v) is 19.0. The van der Waals surface area contributed by atoms with E-state index in [0.717, 1.165) is 5.56 Å². The number of aromatic nitrogens is 4. The van der Waals surface area contributed by atoms with Gasteiger partial charge in [-0.25, -0.2) is 4.98 Å². The summed E-state index contributed by atoms with van der Waals surface area (Å²) in [5.41, 5.74) is 3.00. The lowest BCUT2D eigenvalue weighted by atomic mass is 10.1. The Morgan fingerprint density at radius 2 is 1.79 bits per heavy atom. The van der Waals surface area contributed by atoms with Crippen LogP contribution in [0.5, 0.6) is 0 Å². The van der Waals surface area contributed by atoms with Gasteiger partial charge >= 0.3 is 0 Å². The van der Waals surface area contributed by atoms with E-state index in [-0.39, 0.29) is 17.6 Å². The smallest absolute Gasteiger partial charge is 0.255 e. The van der Waals surface area contributed by atoms with Crippen molar-refractivity contribution in [2.24, 2.45) is 7.05 Å². The number of hydrogen-bond acceptors (Lipinski definition) is 6. The molecule has 0 radical (unpaired) electrons. The lowest BCUT2D eigenvalue weighted by molar-refractivity contribution is -0.113. The van der Waals surface area contributed by atoms with Gasteiger partial charge in [-0.1, -0.05) is 35.9 Å². The van der Waals surface area contributed by atoms with Crippen LogP contribution in [0.2, 0.25) is 0 Å². The summed E-state index contributed by atoms with van der Waals surface area (Å²) >= 11 is 1.28. The summed E-state index contributed by atoms with van der Waals surface area (Å²) in [4.78, 5) is 29.2. The Hall–Kier alpha value is -4.42. The molecule has 2 N–H and O–H groups in total. The second-order valence-electron chi connectivity index (χ2n) is 7.14. The van der Waals surface area contributed by atoms with Gasteiger partial charge in [-0.05, 0) is 54.5 Å². The predicted octanol–water partition coefficient (Wildman–Crippen LogP) is 3.59. The fourth-order valence-electron chi connectivity index (χ4n) is 2.92. The molecule has 8 nitrogen and oxygen atoms in total. The van der Waals surface area contributed by atoms with E-state index in [2.05, 4.69) is 37.7 Å². The maximum absolute atomic E-state index is 12.8. The van der Waals surface area contributed by atoms with E-state index in [0.29, 0.717) is 27.8 Å². The van der Waals surface area contributed by atoms with Crippen LogP contribution in [-0.4, -0.2) is 37.3 Å². The number of thioether (sulfide) groups is 1. The van der Waals surface area contributed by atoms with Gasteiger partial charge in [0, 0.05) is 35.7 Å². The molecule has 0 aliphatic carbocycles. The molecule has 0 aliphatic rings. The first-order valence-corrected chi connectivity index (χ1v) is 11.3. The van der Waals surface area contributed by atoms with Crippen molar-refractivity contribution < 1.29 is 9.59 Å². The van der Waals surface area contributed by atoms with Crippen LogP contribution in [0, 0.1) is 11.8 Å². The third-order valence-electron chi connectivity index (χ3n) is 4.53. The summed E-state index contributed by atoms with van der Waals surface area (Å²) in [6.07, 6.45) is 3.26. The molecule has 34 heavy (non-hydrogen) atoms. The second kappa shape index (κ2) is 10.9. The lowest BCUT2D eigenvalue weighted by Crippen LogP contribution is -2.16. The number of pyridine rings is 1. The zero-order chi connectivity index (χ0) is 23.8. The van der Waals surface area contributed by atoms with Crippen LogP contribution in [0.3, 0.4) is 0 Å². The number of anilines is 2. The van der Waals surface area contributed by atoms with E-state index >= 15 is 0 Å². The molecule has 0 saturated heterocycles. The summed E-state index contributed by atoms with van der Waals surface area (Å²) in [5, 5.41) is 14.0. The van der Waals surface area contributed by atoms with Crippen LogP contribution in [0.25, 0.3) is 0 Å². The molecule has 2 amide bonds. The Morgan fingerprint density at radius 1 is 0.971 bits per heavy atom. The molecular weight excluding hydrogens is 448 g/mol.